The normalized spacial score (nSPS) is 37.7. The van der Waals surface area contributed by atoms with Crippen molar-refractivity contribution >= 4 is 49.7 Å². The molecule has 8 N–H and O–H groups in total. The highest BCUT2D eigenvalue weighted by Crippen LogP contribution is 2.55. The smallest absolute Gasteiger partial charge is 0.388 e. The minimum absolute atomic E-state index is 0.0207. The number of anilines is 2. The number of nitrogen functional groups attached to an aromatic ring is 2. The summed E-state index contributed by atoms with van der Waals surface area (Å²) in [4.78, 5) is 55.7. The van der Waals surface area contributed by atoms with Crippen LogP contribution in [0.25, 0.3) is 22.3 Å². The summed E-state index contributed by atoms with van der Waals surface area (Å²) in [5.74, 6) is -1.19. The molecular weight excluding hydrogens is 649 g/mol. The van der Waals surface area contributed by atoms with E-state index in [1.165, 1.54) is 17.2 Å². The Hall–Kier alpha value is -3.43. The lowest BCUT2D eigenvalue weighted by Gasteiger charge is -2.28. The van der Waals surface area contributed by atoms with E-state index in [9.17, 15) is 28.8 Å². The fourth-order valence-corrected chi connectivity index (χ4v) is 7.82. The molecule has 7 rings (SSSR count). The number of hydrogen-bond acceptors (Lipinski definition) is 16. The number of aliphatic hydroxyl groups excluding tert-OH is 1. The molecule has 2 aliphatic heterocycles. The number of alkyl halides is 1. The first-order valence-corrected chi connectivity index (χ1v) is 16.3. The molecule has 6 heterocycles. The van der Waals surface area contributed by atoms with Gasteiger partial charge in [-0.15, -0.1) is 0 Å². The van der Waals surface area contributed by atoms with E-state index in [-0.39, 0.29) is 40.5 Å². The summed E-state index contributed by atoms with van der Waals surface area (Å²) in [6, 6.07) is -0.870. The summed E-state index contributed by atoms with van der Waals surface area (Å²) in [5.41, 5.74) is 10.9. The topological polar surface area (TPSA) is 300 Å². The number of ether oxygens (including phenoxy) is 1. The molecule has 2 saturated heterocycles. The Labute approximate surface area is 249 Å². The summed E-state index contributed by atoms with van der Waals surface area (Å²) in [6.07, 6.45) is -6.78. The number of imidazole rings is 2. The maximum atomic E-state index is 15.9. The van der Waals surface area contributed by atoms with Crippen LogP contribution in [0.2, 0.25) is 0 Å². The van der Waals surface area contributed by atoms with E-state index in [1.54, 1.807) is 0 Å². The minimum Gasteiger partial charge on any atom is -0.388 e. The van der Waals surface area contributed by atoms with E-state index in [1.807, 2.05) is 0 Å². The number of hydrogen-bond donors (Lipinski definition) is 6. The van der Waals surface area contributed by atoms with Crippen LogP contribution in [0.3, 0.4) is 0 Å². The number of nitrogens with one attached hydrogen (secondary N) is 1. The van der Waals surface area contributed by atoms with Gasteiger partial charge in [-0.05, 0) is 6.42 Å². The van der Waals surface area contributed by atoms with Gasteiger partial charge in [0.2, 0.25) is 5.95 Å². The first-order valence-electron chi connectivity index (χ1n) is 13.3. The standard InChI is InChI=1S/C21H25FN10O11P2/c22-10-15-9(41-20(10)32-6-28-12-18(32)29-21(24)30-19(12)34)3-40-45(37,38)42-14-7(2-39-44(35,36)43-15)1-8(13(14)33)31-5-27-11-16(23)25-4-26-17(11)31/h4-10,13-15,20,33H,1-3H2,(H,35,36)(H,37,38)(H2,23,25,26)(H3,24,29,30,34)/t7-,8-,9-,10?,13?,14?,15?,20-/m1/s1. The predicted octanol–water partition coefficient (Wildman–Crippen LogP) is -0.701. The van der Waals surface area contributed by atoms with Gasteiger partial charge >= 0.3 is 15.6 Å². The molecule has 45 heavy (non-hydrogen) atoms. The van der Waals surface area contributed by atoms with Crippen LogP contribution >= 0.6 is 15.6 Å². The highest BCUT2D eigenvalue weighted by molar-refractivity contribution is 7.47. The molecule has 4 aromatic heterocycles. The van der Waals surface area contributed by atoms with Crippen LogP contribution in [-0.2, 0) is 32.0 Å². The molecule has 0 radical (unpaired) electrons. The molecule has 1 aliphatic carbocycles. The first kappa shape index (κ1) is 30.2. The lowest BCUT2D eigenvalue weighted by molar-refractivity contribution is -0.0592. The van der Waals surface area contributed by atoms with Crippen LogP contribution in [0.15, 0.2) is 23.8 Å². The summed E-state index contributed by atoms with van der Waals surface area (Å²) >= 11 is 0. The SMILES string of the molecule is Nc1nc2c(ncn2[C@@H]2O[C@@H]3COP(=O)(O)OC4C(O)[C@H](n5cnc6c(N)ncnc65)C[C@@H]4COP(=O)(O)OC3C2F)c(=O)[nH]1. The van der Waals surface area contributed by atoms with Crippen LogP contribution in [0.5, 0.6) is 0 Å². The monoisotopic (exact) mass is 674 g/mol. The third kappa shape index (κ3) is 5.31. The Morgan fingerprint density at radius 3 is 2.42 bits per heavy atom. The van der Waals surface area contributed by atoms with Gasteiger partial charge in [-0.1, -0.05) is 0 Å². The number of phosphoric acid groups is 2. The number of aromatic amines is 1. The van der Waals surface area contributed by atoms with Crippen molar-refractivity contribution in [2.75, 3.05) is 24.7 Å². The van der Waals surface area contributed by atoms with E-state index >= 15 is 4.39 Å². The molecule has 0 aromatic carbocycles. The highest BCUT2D eigenvalue weighted by Gasteiger charge is 2.54. The quantitative estimate of drug-likeness (QED) is 0.143. The molecule has 3 fully saturated rings. The van der Waals surface area contributed by atoms with Crippen molar-refractivity contribution in [2.24, 2.45) is 5.92 Å². The summed E-state index contributed by atoms with van der Waals surface area (Å²) in [5, 5.41) is 11.2. The average molecular weight is 674 g/mol. The molecule has 21 nitrogen and oxygen atoms in total. The lowest BCUT2D eigenvalue weighted by atomic mass is 10.1. The molecule has 0 spiro atoms. The van der Waals surface area contributed by atoms with Crippen molar-refractivity contribution in [1.29, 1.82) is 0 Å². The van der Waals surface area contributed by atoms with Crippen LogP contribution in [0, 0.1) is 5.92 Å². The van der Waals surface area contributed by atoms with Crippen molar-refractivity contribution in [2.45, 2.75) is 49.3 Å². The van der Waals surface area contributed by atoms with Gasteiger partial charge in [0.15, 0.2) is 35.0 Å². The zero-order chi connectivity index (χ0) is 31.8. The Morgan fingerprint density at radius 1 is 0.956 bits per heavy atom. The zero-order valence-corrected chi connectivity index (χ0v) is 24.4. The van der Waals surface area contributed by atoms with Crippen molar-refractivity contribution in [3.63, 3.8) is 0 Å². The van der Waals surface area contributed by atoms with Gasteiger partial charge in [0.05, 0.1) is 31.9 Å². The van der Waals surface area contributed by atoms with Crippen LogP contribution in [-0.4, -0.2) is 97.7 Å². The van der Waals surface area contributed by atoms with Gasteiger partial charge in [-0.2, -0.15) is 4.98 Å². The number of aliphatic hydroxyl groups is 1. The molecule has 24 heteroatoms. The predicted molar refractivity (Wildman–Crippen MR) is 146 cm³/mol. The fraction of sp³-hybridized carbons (Fsp3) is 0.524. The molecule has 4 aromatic rings. The largest absolute Gasteiger partial charge is 0.472 e. The highest BCUT2D eigenvalue weighted by atomic mass is 31.2. The van der Waals surface area contributed by atoms with E-state index in [0.717, 1.165) is 10.9 Å². The average Bonchev–Trinajstić information content (AvgIpc) is 3.72. The number of H-pyrrole nitrogens is 1. The molecular formula is C21H25FN10O11P2. The van der Waals surface area contributed by atoms with E-state index in [2.05, 4.69) is 29.9 Å². The van der Waals surface area contributed by atoms with Gasteiger partial charge in [0, 0.05) is 5.92 Å². The third-order valence-corrected chi connectivity index (χ3v) is 9.81. The Bertz CT molecular complexity index is 1940. The molecule has 242 valence electrons. The molecule has 3 aliphatic rings. The molecule has 10 atom stereocenters. The summed E-state index contributed by atoms with van der Waals surface area (Å²) in [7, 11) is -10.1. The third-order valence-electron chi connectivity index (χ3n) is 7.84. The van der Waals surface area contributed by atoms with Gasteiger partial charge in [0.1, 0.15) is 36.3 Å². The van der Waals surface area contributed by atoms with E-state index in [4.69, 9.17) is 34.3 Å². The van der Waals surface area contributed by atoms with E-state index < -0.39 is 83.2 Å². The van der Waals surface area contributed by atoms with Crippen LogP contribution < -0.4 is 17.0 Å². The number of nitrogens with two attached hydrogens (primary N) is 2. The molecule has 6 unspecified atom stereocenters. The van der Waals surface area contributed by atoms with Crippen LogP contribution in [0.1, 0.15) is 18.7 Å². The number of aromatic nitrogens is 8. The Kier molecular flexibility index (Phi) is 7.28. The second kappa shape index (κ2) is 10.8. The number of fused-ring (bicyclic) bond motifs is 4. The maximum absolute atomic E-state index is 15.9. The molecule has 0 amide bonds. The van der Waals surface area contributed by atoms with Gasteiger partial charge in [0.25, 0.3) is 5.56 Å². The number of phosphoric ester groups is 2. The van der Waals surface area contributed by atoms with Crippen molar-refractivity contribution in [1.82, 2.24) is 39.0 Å². The summed E-state index contributed by atoms with van der Waals surface area (Å²) in [6.45, 7) is -1.51. The van der Waals surface area contributed by atoms with Gasteiger partial charge in [-0.25, -0.2) is 33.5 Å². The van der Waals surface area contributed by atoms with Crippen LogP contribution in [0.4, 0.5) is 16.2 Å². The number of rotatable bonds is 2. The minimum atomic E-state index is -5.06. The van der Waals surface area contributed by atoms with Crippen molar-refractivity contribution in [3.8, 4) is 0 Å². The molecule has 0 bridgehead atoms. The first-order chi connectivity index (χ1) is 21.3. The van der Waals surface area contributed by atoms with Crippen molar-refractivity contribution in [3.05, 3.63) is 29.3 Å². The second-order valence-corrected chi connectivity index (χ2v) is 13.4. The van der Waals surface area contributed by atoms with E-state index in [0.29, 0.717) is 0 Å². The van der Waals surface area contributed by atoms with Crippen molar-refractivity contribution < 1.29 is 51.2 Å². The molecule has 1 saturated carbocycles. The second-order valence-electron chi connectivity index (χ2n) is 10.6. The van der Waals surface area contributed by atoms with Gasteiger partial charge < -0.3 is 35.7 Å². The Morgan fingerprint density at radius 2 is 1.64 bits per heavy atom. The number of nitrogens with zero attached hydrogens (tertiary/aromatic N) is 7. The number of halogens is 1. The maximum Gasteiger partial charge on any atom is 0.472 e. The Balaban J connectivity index is 1.17. The van der Waals surface area contributed by atoms with Gasteiger partial charge in [-0.3, -0.25) is 32.4 Å². The summed E-state index contributed by atoms with van der Waals surface area (Å²) < 4.78 is 71.1. The zero-order valence-electron chi connectivity index (χ0n) is 22.6. The lowest BCUT2D eigenvalue weighted by Crippen LogP contribution is -2.36. The fourth-order valence-electron chi connectivity index (χ4n) is 5.82.